The molecular formula is C20H20FNO5. The minimum atomic E-state index is -0.671. The Morgan fingerprint density at radius 1 is 1.19 bits per heavy atom. The van der Waals surface area contributed by atoms with Crippen molar-refractivity contribution < 1.29 is 28.6 Å². The largest absolute Gasteiger partial charge is 0.504 e. The van der Waals surface area contributed by atoms with Crippen molar-refractivity contribution in [2.24, 2.45) is 0 Å². The van der Waals surface area contributed by atoms with E-state index in [0.717, 1.165) is 5.56 Å². The van der Waals surface area contributed by atoms with Crippen LogP contribution >= 0.6 is 0 Å². The molecule has 0 saturated carbocycles. The van der Waals surface area contributed by atoms with E-state index in [4.69, 9.17) is 9.47 Å². The summed E-state index contributed by atoms with van der Waals surface area (Å²) in [7, 11) is 1.42. The molecule has 27 heavy (non-hydrogen) atoms. The number of phenols is 1. The second-order valence-electron chi connectivity index (χ2n) is 5.60. The maximum absolute atomic E-state index is 12.8. The molecule has 0 aliphatic heterocycles. The van der Waals surface area contributed by atoms with Gasteiger partial charge in [-0.25, -0.2) is 9.18 Å². The highest BCUT2D eigenvalue weighted by atomic mass is 19.1. The van der Waals surface area contributed by atoms with Crippen LogP contribution in [0.2, 0.25) is 0 Å². The van der Waals surface area contributed by atoms with Crippen molar-refractivity contribution in [2.45, 2.75) is 6.42 Å². The van der Waals surface area contributed by atoms with Crippen LogP contribution in [-0.2, 0) is 20.7 Å². The third kappa shape index (κ3) is 6.81. The molecule has 0 aliphatic rings. The SMILES string of the molecule is COc1cc(/C=C/C(=O)OCC(=O)NCCc2ccc(F)cc2)ccc1O. The number of carbonyl (C=O) groups is 2. The van der Waals surface area contributed by atoms with Crippen molar-refractivity contribution in [3.8, 4) is 11.5 Å². The summed E-state index contributed by atoms with van der Waals surface area (Å²) in [4.78, 5) is 23.3. The highest BCUT2D eigenvalue weighted by Gasteiger charge is 2.05. The summed E-state index contributed by atoms with van der Waals surface area (Å²) in [5, 5.41) is 12.1. The predicted molar refractivity (Wildman–Crippen MR) is 97.8 cm³/mol. The molecule has 0 radical (unpaired) electrons. The lowest BCUT2D eigenvalue weighted by Crippen LogP contribution is -2.30. The molecule has 0 aliphatic carbocycles. The number of esters is 1. The highest BCUT2D eigenvalue weighted by molar-refractivity contribution is 5.89. The van der Waals surface area contributed by atoms with E-state index >= 15 is 0 Å². The van der Waals surface area contributed by atoms with Crippen molar-refractivity contribution in [1.82, 2.24) is 5.32 Å². The Labute approximate surface area is 156 Å². The van der Waals surface area contributed by atoms with Crippen LogP contribution in [0.25, 0.3) is 6.08 Å². The topological polar surface area (TPSA) is 84.9 Å². The average molecular weight is 373 g/mol. The molecule has 7 heteroatoms. The number of aromatic hydroxyl groups is 1. The Hall–Kier alpha value is -3.35. The first-order chi connectivity index (χ1) is 13.0. The minimum Gasteiger partial charge on any atom is -0.504 e. The number of carbonyl (C=O) groups excluding carboxylic acids is 2. The third-order valence-corrected chi connectivity index (χ3v) is 3.61. The fraction of sp³-hybridized carbons (Fsp3) is 0.200. The first kappa shape index (κ1) is 20.0. The molecule has 0 heterocycles. The van der Waals surface area contributed by atoms with Crippen molar-refractivity contribution in [3.05, 3.63) is 65.5 Å². The van der Waals surface area contributed by atoms with Crippen molar-refractivity contribution in [2.75, 3.05) is 20.3 Å². The first-order valence-electron chi connectivity index (χ1n) is 8.21. The number of halogens is 1. The van der Waals surface area contributed by atoms with Crippen LogP contribution in [0.4, 0.5) is 4.39 Å². The Morgan fingerprint density at radius 2 is 1.93 bits per heavy atom. The average Bonchev–Trinajstić information content (AvgIpc) is 2.67. The lowest BCUT2D eigenvalue weighted by atomic mass is 10.1. The monoisotopic (exact) mass is 373 g/mol. The quantitative estimate of drug-likeness (QED) is 0.548. The van der Waals surface area contributed by atoms with Gasteiger partial charge in [0.25, 0.3) is 5.91 Å². The van der Waals surface area contributed by atoms with Gasteiger partial charge in [0.2, 0.25) is 0 Å². The lowest BCUT2D eigenvalue weighted by Gasteiger charge is -2.06. The van der Waals surface area contributed by atoms with E-state index < -0.39 is 18.5 Å². The van der Waals surface area contributed by atoms with Gasteiger partial charge in [-0.2, -0.15) is 0 Å². The van der Waals surface area contributed by atoms with Gasteiger partial charge < -0.3 is 19.9 Å². The van der Waals surface area contributed by atoms with Gasteiger partial charge in [-0.1, -0.05) is 18.2 Å². The summed E-state index contributed by atoms with van der Waals surface area (Å²) in [5.41, 5.74) is 1.52. The molecule has 1 amide bonds. The number of amides is 1. The number of ether oxygens (including phenoxy) is 2. The number of benzene rings is 2. The summed E-state index contributed by atoms with van der Waals surface area (Å²) in [5.74, 6) is -1.13. The zero-order valence-corrected chi connectivity index (χ0v) is 14.8. The Balaban J connectivity index is 1.71. The van der Waals surface area contributed by atoms with Crippen LogP contribution in [0, 0.1) is 5.82 Å². The molecule has 6 nitrogen and oxygen atoms in total. The van der Waals surface area contributed by atoms with Gasteiger partial charge in [-0.05, 0) is 47.9 Å². The number of hydrogen-bond acceptors (Lipinski definition) is 5. The molecule has 2 aromatic carbocycles. The van der Waals surface area contributed by atoms with Crippen LogP contribution in [0.5, 0.6) is 11.5 Å². The van der Waals surface area contributed by atoms with Crippen LogP contribution in [0.15, 0.2) is 48.5 Å². The number of phenolic OH excluding ortho intramolecular Hbond substituents is 1. The second kappa shape index (κ2) is 9.96. The molecule has 0 unspecified atom stereocenters. The summed E-state index contributed by atoms with van der Waals surface area (Å²) in [6.45, 7) is -0.0450. The molecule has 0 saturated heterocycles. The molecule has 2 N–H and O–H groups in total. The number of methoxy groups -OCH3 is 1. The molecule has 2 rings (SSSR count). The Morgan fingerprint density at radius 3 is 2.63 bits per heavy atom. The lowest BCUT2D eigenvalue weighted by molar-refractivity contribution is -0.143. The van der Waals surface area contributed by atoms with Crippen LogP contribution in [-0.4, -0.2) is 37.2 Å². The van der Waals surface area contributed by atoms with Crippen LogP contribution in [0.3, 0.4) is 0 Å². The number of nitrogens with one attached hydrogen (secondary N) is 1. The standard InChI is InChI=1S/C20H20FNO5/c1-26-18-12-15(4-8-17(18)23)5-9-20(25)27-13-19(24)22-11-10-14-2-6-16(21)7-3-14/h2-9,12,23H,10-11,13H2,1H3,(H,22,24)/b9-5+. The van der Waals surface area contributed by atoms with E-state index in [0.29, 0.717) is 18.5 Å². The van der Waals surface area contributed by atoms with Gasteiger partial charge in [-0.3, -0.25) is 4.79 Å². The molecule has 0 aromatic heterocycles. The Bertz CT molecular complexity index is 818. The summed E-state index contributed by atoms with van der Waals surface area (Å²) < 4.78 is 22.6. The zero-order chi connectivity index (χ0) is 19.6. The Kier molecular flexibility index (Phi) is 7.37. The smallest absolute Gasteiger partial charge is 0.331 e. The van der Waals surface area contributed by atoms with Gasteiger partial charge in [0.1, 0.15) is 5.82 Å². The molecule has 142 valence electrons. The third-order valence-electron chi connectivity index (χ3n) is 3.61. The molecular weight excluding hydrogens is 353 g/mol. The van der Waals surface area contributed by atoms with Crippen LogP contribution in [0.1, 0.15) is 11.1 Å². The minimum absolute atomic E-state index is 0.00506. The van der Waals surface area contributed by atoms with E-state index in [1.165, 1.54) is 37.5 Å². The van der Waals surface area contributed by atoms with E-state index in [-0.39, 0.29) is 17.3 Å². The molecule has 2 aromatic rings. The molecule has 0 fully saturated rings. The summed E-state index contributed by atoms with van der Waals surface area (Å²) in [6, 6.07) is 10.6. The van der Waals surface area contributed by atoms with Gasteiger partial charge in [0, 0.05) is 12.6 Å². The molecule has 0 atom stereocenters. The van der Waals surface area contributed by atoms with Gasteiger partial charge >= 0.3 is 5.97 Å². The normalized spacial score (nSPS) is 10.6. The van der Waals surface area contributed by atoms with E-state index in [9.17, 15) is 19.1 Å². The van der Waals surface area contributed by atoms with E-state index in [2.05, 4.69) is 5.32 Å². The highest BCUT2D eigenvalue weighted by Crippen LogP contribution is 2.26. The van der Waals surface area contributed by atoms with Gasteiger partial charge in [0.05, 0.1) is 7.11 Å². The van der Waals surface area contributed by atoms with Crippen molar-refractivity contribution in [3.63, 3.8) is 0 Å². The molecule has 0 bridgehead atoms. The van der Waals surface area contributed by atoms with E-state index in [1.54, 1.807) is 24.3 Å². The summed E-state index contributed by atoms with van der Waals surface area (Å²) in [6.07, 6.45) is 3.21. The second-order valence-corrected chi connectivity index (χ2v) is 5.60. The van der Waals surface area contributed by atoms with Crippen LogP contribution < -0.4 is 10.1 Å². The first-order valence-corrected chi connectivity index (χ1v) is 8.21. The van der Waals surface area contributed by atoms with Crippen molar-refractivity contribution >= 4 is 18.0 Å². The maximum atomic E-state index is 12.8. The van der Waals surface area contributed by atoms with Gasteiger partial charge in [-0.15, -0.1) is 0 Å². The number of hydrogen-bond donors (Lipinski definition) is 2. The number of rotatable bonds is 8. The fourth-order valence-electron chi connectivity index (χ4n) is 2.20. The fourth-order valence-corrected chi connectivity index (χ4v) is 2.20. The van der Waals surface area contributed by atoms with Gasteiger partial charge in [0.15, 0.2) is 18.1 Å². The zero-order valence-electron chi connectivity index (χ0n) is 14.8. The maximum Gasteiger partial charge on any atom is 0.331 e. The predicted octanol–water partition coefficient (Wildman–Crippen LogP) is 2.46. The summed E-state index contributed by atoms with van der Waals surface area (Å²) >= 11 is 0. The molecule has 0 spiro atoms. The van der Waals surface area contributed by atoms with E-state index in [1.807, 2.05) is 0 Å². The van der Waals surface area contributed by atoms with Crippen molar-refractivity contribution in [1.29, 1.82) is 0 Å².